The van der Waals surface area contributed by atoms with Gasteiger partial charge in [0.1, 0.15) is 23.8 Å². The number of nitrogens with one attached hydrogen (secondary N) is 1. The summed E-state index contributed by atoms with van der Waals surface area (Å²) in [7, 11) is 0. The third-order valence-corrected chi connectivity index (χ3v) is 4.45. The van der Waals surface area contributed by atoms with E-state index in [0.717, 1.165) is 34.8 Å². The topological polar surface area (TPSA) is 73.3 Å². The zero-order valence-corrected chi connectivity index (χ0v) is 19.5. The summed E-state index contributed by atoms with van der Waals surface area (Å²) in [6, 6.07) is 7.89. The Morgan fingerprint density at radius 1 is 1.13 bits per heavy atom. The molecule has 1 atom stereocenters. The summed E-state index contributed by atoms with van der Waals surface area (Å²) in [4.78, 5) is 21.0. The van der Waals surface area contributed by atoms with Crippen molar-refractivity contribution in [2.75, 3.05) is 6.61 Å². The molecule has 1 amide bonds. The minimum absolute atomic E-state index is 0.344. The van der Waals surface area contributed by atoms with E-state index >= 15 is 0 Å². The van der Waals surface area contributed by atoms with Crippen LogP contribution in [0.5, 0.6) is 5.75 Å². The number of alkyl carbamates (subject to hydrolysis) is 1. The Morgan fingerprint density at radius 2 is 1.83 bits per heavy atom. The highest BCUT2D eigenvalue weighted by atomic mass is 16.6. The van der Waals surface area contributed by atoms with Crippen LogP contribution in [-0.4, -0.2) is 33.8 Å². The fraction of sp³-hybridized carbons (Fsp3) is 0.542. The van der Waals surface area contributed by atoms with Gasteiger partial charge in [0.15, 0.2) is 0 Å². The van der Waals surface area contributed by atoms with Gasteiger partial charge in [0.25, 0.3) is 0 Å². The molecule has 0 bridgehead atoms. The molecule has 30 heavy (non-hydrogen) atoms. The van der Waals surface area contributed by atoms with Crippen LogP contribution in [0.15, 0.2) is 30.5 Å². The maximum atomic E-state index is 12.4. The Hall–Kier alpha value is -2.63. The van der Waals surface area contributed by atoms with Crippen LogP contribution in [0.2, 0.25) is 0 Å². The first-order chi connectivity index (χ1) is 13.9. The van der Waals surface area contributed by atoms with Crippen LogP contribution in [0.3, 0.4) is 0 Å². The van der Waals surface area contributed by atoms with E-state index in [9.17, 15) is 4.79 Å². The van der Waals surface area contributed by atoms with Gasteiger partial charge in [-0.15, -0.1) is 0 Å². The molecule has 1 aromatic carbocycles. The SMILES string of the molecule is Cc1nccc(-c2ccc(OCC(C)(CC(C)C)NC(=O)OC(C)(C)C)c(C)c2)n1. The van der Waals surface area contributed by atoms with E-state index in [1.165, 1.54) is 0 Å². The summed E-state index contributed by atoms with van der Waals surface area (Å²) in [5.41, 5.74) is 1.81. The van der Waals surface area contributed by atoms with Crippen molar-refractivity contribution in [2.45, 2.75) is 73.0 Å². The molecule has 0 aliphatic heterocycles. The van der Waals surface area contributed by atoms with E-state index in [0.29, 0.717) is 12.5 Å². The van der Waals surface area contributed by atoms with Crippen LogP contribution in [-0.2, 0) is 4.74 Å². The Balaban J connectivity index is 2.13. The van der Waals surface area contributed by atoms with Crippen LogP contribution in [0, 0.1) is 19.8 Å². The molecule has 6 nitrogen and oxygen atoms in total. The number of carbonyl (C=O) groups is 1. The number of amides is 1. The first-order valence-corrected chi connectivity index (χ1v) is 10.4. The van der Waals surface area contributed by atoms with E-state index in [1.54, 1.807) is 6.20 Å². The summed E-state index contributed by atoms with van der Waals surface area (Å²) in [5, 5.41) is 3.01. The van der Waals surface area contributed by atoms with Gasteiger partial charge in [-0.05, 0) is 83.7 Å². The molecule has 1 aromatic heterocycles. The van der Waals surface area contributed by atoms with E-state index in [4.69, 9.17) is 9.47 Å². The molecule has 1 heterocycles. The number of ether oxygens (including phenoxy) is 2. The molecule has 164 valence electrons. The highest BCUT2D eigenvalue weighted by Crippen LogP contribution is 2.27. The quantitative estimate of drug-likeness (QED) is 0.652. The molecule has 0 spiro atoms. The average Bonchev–Trinajstić information content (AvgIpc) is 2.58. The van der Waals surface area contributed by atoms with Crippen molar-refractivity contribution in [3.63, 3.8) is 0 Å². The number of hydrogen-bond donors (Lipinski definition) is 1. The van der Waals surface area contributed by atoms with Gasteiger partial charge in [-0.3, -0.25) is 0 Å². The number of carbonyl (C=O) groups excluding carboxylic acids is 1. The van der Waals surface area contributed by atoms with Crippen LogP contribution in [0.4, 0.5) is 4.79 Å². The van der Waals surface area contributed by atoms with E-state index in [2.05, 4.69) is 35.2 Å². The number of nitrogens with zero attached hydrogens (tertiary/aromatic N) is 2. The summed E-state index contributed by atoms with van der Waals surface area (Å²) in [6.45, 7) is 16.0. The molecule has 0 fully saturated rings. The van der Waals surface area contributed by atoms with Gasteiger partial charge in [0, 0.05) is 11.8 Å². The fourth-order valence-corrected chi connectivity index (χ4v) is 3.42. The highest BCUT2D eigenvalue weighted by molar-refractivity contribution is 5.68. The Bertz CT molecular complexity index is 874. The maximum absolute atomic E-state index is 12.4. The summed E-state index contributed by atoms with van der Waals surface area (Å²) < 4.78 is 11.6. The van der Waals surface area contributed by atoms with Crippen molar-refractivity contribution < 1.29 is 14.3 Å². The van der Waals surface area contributed by atoms with Crippen LogP contribution >= 0.6 is 0 Å². The molecule has 2 aromatic rings. The minimum atomic E-state index is -0.550. The van der Waals surface area contributed by atoms with Crippen LogP contribution in [0.25, 0.3) is 11.3 Å². The molecule has 0 radical (unpaired) electrons. The Morgan fingerprint density at radius 3 is 2.40 bits per heavy atom. The van der Waals surface area contributed by atoms with Gasteiger partial charge in [0.05, 0.1) is 11.2 Å². The number of aryl methyl sites for hydroxylation is 2. The van der Waals surface area contributed by atoms with Gasteiger partial charge in [-0.25, -0.2) is 14.8 Å². The van der Waals surface area contributed by atoms with E-state index < -0.39 is 17.2 Å². The van der Waals surface area contributed by atoms with Crippen molar-refractivity contribution in [3.8, 4) is 17.0 Å². The van der Waals surface area contributed by atoms with Gasteiger partial charge >= 0.3 is 6.09 Å². The van der Waals surface area contributed by atoms with Crippen molar-refractivity contribution in [3.05, 3.63) is 41.9 Å². The third-order valence-electron chi connectivity index (χ3n) is 4.45. The molecule has 1 N–H and O–H groups in total. The highest BCUT2D eigenvalue weighted by Gasteiger charge is 2.31. The lowest BCUT2D eigenvalue weighted by molar-refractivity contribution is 0.0408. The minimum Gasteiger partial charge on any atom is -0.491 e. The second-order valence-corrected chi connectivity index (χ2v) is 9.54. The molecule has 0 saturated carbocycles. The molecule has 6 heteroatoms. The van der Waals surface area contributed by atoms with Gasteiger partial charge in [0.2, 0.25) is 0 Å². The predicted octanol–water partition coefficient (Wildman–Crippen LogP) is 5.47. The first kappa shape index (κ1) is 23.6. The molecule has 1 unspecified atom stereocenters. The third kappa shape index (κ3) is 7.32. The van der Waals surface area contributed by atoms with Crippen LogP contribution < -0.4 is 10.1 Å². The monoisotopic (exact) mass is 413 g/mol. The molecular formula is C24H35N3O3. The largest absolute Gasteiger partial charge is 0.491 e. The molecule has 0 saturated heterocycles. The number of aromatic nitrogens is 2. The zero-order valence-electron chi connectivity index (χ0n) is 19.5. The van der Waals surface area contributed by atoms with Crippen molar-refractivity contribution in [1.82, 2.24) is 15.3 Å². The zero-order chi connectivity index (χ0) is 22.5. The lowest BCUT2D eigenvalue weighted by Gasteiger charge is -2.33. The van der Waals surface area contributed by atoms with Gasteiger partial charge < -0.3 is 14.8 Å². The number of rotatable bonds is 7. The van der Waals surface area contributed by atoms with E-state index in [1.807, 2.05) is 59.7 Å². The second-order valence-electron chi connectivity index (χ2n) is 9.54. The lowest BCUT2D eigenvalue weighted by Crippen LogP contribution is -2.52. The van der Waals surface area contributed by atoms with Gasteiger partial charge in [-0.1, -0.05) is 13.8 Å². The second kappa shape index (κ2) is 9.45. The van der Waals surface area contributed by atoms with Crippen molar-refractivity contribution in [2.24, 2.45) is 5.92 Å². The summed E-state index contributed by atoms with van der Waals surface area (Å²) >= 11 is 0. The summed E-state index contributed by atoms with van der Waals surface area (Å²) in [5.74, 6) is 1.91. The van der Waals surface area contributed by atoms with Crippen LogP contribution in [0.1, 0.15) is 59.4 Å². The fourth-order valence-electron chi connectivity index (χ4n) is 3.42. The standard InChI is InChI=1S/C24H35N3O3/c1-16(2)14-24(8,27-22(28)30-23(5,6)7)15-29-21-10-9-19(13-17(21)3)20-11-12-25-18(4)26-20/h9-13,16H,14-15H2,1-8H3,(H,27,28). The molecule has 0 aliphatic rings. The number of benzene rings is 1. The van der Waals surface area contributed by atoms with Crippen molar-refractivity contribution in [1.29, 1.82) is 0 Å². The van der Waals surface area contributed by atoms with E-state index in [-0.39, 0.29) is 0 Å². The average molecular weight is 414 g/mol. The first-order valence-electron chi connectivity index (χ1n) is 10.4. The smallest absolute Gasteiger partial charge is 0.408 e. The lowest BCUT2D eigenvalue weighted by atomic mass is 9.91. The Kier molecular flexibility index (Phi) is 7.45. The number of hydrogen-bond acceptors (Lipinski definition) is 5. The normalized spacial score (nSPS) is 13.6. The predicted molar refractivity (Wildman–Crippen MR) is 120 cm³/mol. The summed E-state index contributed by atoms with van der Waals surface area (Å²) in [6.07, 6.45) is 2.10. The molecule has 2 rings (SSSR count). The van der Waals surface area contributed by atoms with Gasteiger partial charge in [-0.2, -0.15) is 0 Å². The molecular weight excluding hydrogens is 378 g/mol. The van der Waals surface area contributed by atoms with Crippen molar-refractivity contribution >= 4 is 6.09 Å². The maximum Gasteiger partial charge on any atom is 0.408 e. The Labute approximate surface area is 180 Å². The molecule has 0 aliphatic carbocycles.